The smallest absolute Gasteiger partial charge is 0.368 e. The first kappa shape index (κ1) is 14.5. The first-order valence-electron chi connectivity index (χ1n) is 7.50. The Hall–Kier alpha value is -1.45. The van der Waals surface area contributed by atoms with Gasteiger partial charge in [0, 0.05) is 24.2 Å². The van der Waals surface area contributed by atoms with Crippen LogP contribution in [0.4, 0.5) is 18.9 Å². The van der Waals surface area contributed by atoms with E-state index in [-0.39, 0.29) is 5.92 Å². The molecule has 21 heavy (non-hydrogen) atoms. The number of alkyl halides is 3. The van der Waals surface area contributed by atoms with Crippen molar-refractivity contribution in [3.8, 4) is 0 Å². The molecule has 1 nitrogen and oxygen atoms in total. The fourth-order valence-electron chi connectivity index (χ4n) is 3.76. The van der Waals surface area contributed by atoms with E-state index < -0.39 is 11.7 Å². The van der Waals surface area contributed by atoms with Crippen molar-refractivity contribution < 1.29 is 13.2 Å². The van der Waals surface area contributed by atoms with Gasteiger partial charge in [0.05, 0.1) is 5.56 Å². The van der Waals surface area contributed by atoms with Gasteiger partial charge in [-0.25, -0.2) is 0 Å². The Kier molecular flexibility index (Phi) is 3.50. The average molecular weight is 295 g/mol. The molecule has 2 atom stereocenters. The summed E-state index contributed by atoms with van der Waals surface area (Å²) in [6.45, 7) is 7.00. The van der Waals surface area contributed by atoms with Crippen LogP contribution in [0.1, 0.15) is 37.3 Å². The van der Waals surface area contributed by atoms with Gasteiger partial charge in [0.15, 0.2) is 0 Å². The summed E-state index contributed by atoms with van der Waals surface area (Å²) < 4.78 is 38.7. The number of hydrogen-bond donors (Lipinski definition) is 0. The Balaban J connectivity index is 2.04. The first-order chi connectivity index (χ1) is 9.88. The largest absolute Gasteiger partial charge is 0.416 e. The molecule has 2 aliphatic heterocycles. The molecule has 1 aromatic rings. The summed E-state index contributed by atoms with van der Waals surface area (Å²) >= 11 is 0. The highest BCUT2D eigenvalue weighted by atomic mass is 19.4. The van der Waals surface area contributed by atoms with Gasteiger partial charge in [-0.05, 0) is 56.4 Å². The molecule has 0 aromatic heterocycles. The van der Waals surface area contributed by atoms with Gasteiger partial charge in [-0.2, -0.15) is 13.2 Å². The molecule has 0 radical (unpaired) electrons. The number of piperidine rings is 1. The van der Waals surface area contributed by atoms with Crippen LogP contribution in [-0.4, -0.2) is 12.6 Å². The summed E-state index contributed by atoms with van der Waals surface area (Å²) in [7, 11) is 0. The normalized spacial score (nSPS) is 25.2. The maximum Gasteiger partial charge on any atom is 0.416 e. The van der Waals surface area contributed by atoms with Crippen molar-refractivity contribution in [2.75, 3.05) is 11.4 Å². The minimum absolute atomic E-state index is 0.265. The Morgan fingerprint density at radius 2 is 2.05 bits per heavy atom. The number of fused-ring (bicyclic) bond motifs is 3. The van der Waals surface area contributed by atoms with E-state index in [4.69, 9.17) is 0 Å². The summed E-state index contributed by atoms with van der Waals surface area (Å²) in [5.74, 6) is 0.265. The Labute approximate surface area is 123 Å². The van der Waals surface area contributed by atoms with Gasteiger partial charge in [0.1, 0.15) is 0 Å². The molecule has 1 aromatic carbocycles. The monoisotopic (exact) mass is 295 g/mol. The van der Waals surface area contributed by atoms with Crippen molar-refractivity contribution in [2.24, 2.45) is 5.92 Å². The Bertz CT molecular complexity index is 562. The van der Waals surface area contributed by atoms with Crippen molar-refractivity contribution >= 4 is 5.69 Å². The summed E-state index contributed by atoms with van der Waals surface area (Å²) in [5.41, 5.74) is 2.34. The van der Waals surface area contributed by atoms with E-state index in [0.717, 1.165) is 36.2 Å². The number of rotatable bonds is 1. The van der Waals surface area contributed by atoms with Gasteiger partial charge in [0.25, 0.3) is 0 Å². The second-order valence-corrected chi connectivity index (χ2v) is 6.25. The van der Waals surface area contributed by atoms with Crippen LogP contribution >= 0.6 is 0 Å². The van der Waals surface area contributed by atoms with Crippen LogP contribution in [0.15, 0.2) is 30.4 Å². The van der Waals surface area contributed by atoms with Crippen LogP contribution in [0.25, 0.3) is 0 Å². The van der Waals surface area contributed by atoms with E-state index in [9.17, 15) is 13.2 Å². The maximum atomic E-state index is 12.9. The number of anilines is 1. The molecule has 4 heteroatoms. The van der Waals surface area contributed by atoms with E-state index >= 15 is 0 Å². The third kappa shape index (κ3) is 2.56. The molecule has 1 saturated heterocycles. The van der Waals surface area contributed by atoms with Crippen LogP contribution < -0.4 is 4.90 Å². The van der Waals surface area contributed by atoms with Gasteiger partial charge in [0.2, 0.25) is 0 Å². The summed E-state index contributed by atoms with van der Waals surface area (Å²) in [4.78, 5) is 2.31. The molecule has 0 N–H and O–H groups in total. The third-order valence-corrected chi connectivity index (χ3v) is 4.80. The Morgan fingerprint density at radius 3 is 2.71 bits per heavy atom. The van der Waals surface area contributed by atoms with Crippen molar-refractivity contribution in [3.63, 3.8) is 0 Å². The second kappa shape index (κ2) is 5.08. The molecule has 114 valence electrons. The molecule has 0 aliphatic carbocycles. The minimum atomic E-state index is -4.27. The molecule has 1 fully saturated rings. The van der Waals surface area contributed by atoms with Gasteiger partial charge >= 0.3 is 6.18 Å². The lowest BCUT2D eigenvalue weighted by molar-refractivity contribution is -0.137. The molecular weight excluding hydrogens is 275 g/mol. The highest BCUT2D eigenvalue weighted by Gasteiger charge is 2.38. The Morgan fingerprint density at radius 1 is 1.29 bits per heavy atom. The predicted molar refractivity (Wildman–Crippen MR) is 78.4 cm³/mol. The molecule has 2 unspecified atom stereocenters. The van der Waals surface area contributed by atoms with E-state index in [0.29, 0.717) is 12.5 Å². The molecule has 3 rings (SSSR count). The van der Waals surface area contributed by atoms with Crippen LogP contribution in [0, 0.1) is 5.92 Å². The van der Waals surface area contributed by atoms with E-state index in [1.165, 1.54) is 18.6 Å². The van der Waals surface area contributed by atoms with Gasteiger partial charge < -0.3 is 4.90 Å². The minimum Gasteiger partial charge on any atom is -0.368 e. The van der Waals surface area contributed by atoms with Crippen molar-refractivity contribution in [2.45, 2.75) is 44.8 Å². The van der Waals surface area contributed by atoms with Crippen LogP contribution in [0.5, 0.6) is 0 Å². The lowest BCUT2D eigenvalue weighted by Gasteiger charge is -2.47. The molecule has 0 bridgehead atoms. The van der Waals surface area contributed by atoms with Gasteiger partial charge in [-0.3, -0.25) is 0 Å². The maximum absolute atomic E-state index is 12.9. The highest BCUT2D eigenvalue weighted by molar-refractivity contribution is 5.59. The number of benzene rings is 1. The second-order valence-electron chi connectivity index (χ2n) is 6.25. The van der Waals surface area contributed by atoms with Crippen LogP contribution in [0.2, 0.25) is 0 Å². The van der Waals surface area contributed by atoms with Crippen molar-refractivity contribution in [1.29, 1.82) is 0 Å². The zero-order valence-electron chi connectivity index (χ0n) is 12.2. The fourth-order valence-corrected chi connectivity index (χ4v) is 3.76. The van der Waals surface area contributed by atoms with Crippen LogP contribution in [-0.2, 0) is 12.6 Å². The van der Waals surface area contributed by atoms with Gasteiger partial charge in [-0.1, -0.05) is 12.2 Å². The molecule has 2 aliphatic rings. The van der Waals surface area contributed by atoms with Crippen LogP contribution in [0.3, 0.4) is 0 Å². The predicted octanol–water partition coefficient (Wildman–Crippen LogP) is 4.81. The first-order valence-corrected chi connectivity index (χ1v) is 7.50. The number of hydrogen-bond acceptors (Lipinski definition) is 1. The van der Waals surface area contributed by atoms with E-state index in [1.807, 2.05) is 6.92 Å². The molecule has 0 saturated carbocycles. The quantitative estimate of drug-likeness (QED) is 0.672. The zero-order chi connectivity index (χ0) is 15.2. The highest BCUT2D eigenvalue weighted by Crippen LogP contribution is 2.42. The number of nitrogens with zero attached hydrogens (tertiary/aromatic N) is 1. The van der Waals surface area contributed by atoms with Crippen molar-refractivity contribution in [1.82, 2.24) is 0 Å². The number of halogens is 3. The topological polar surface area (TPSA) is 3.24 Å². The van der Waals surface area contributed by atoms with E-state index in [2.05, 4.69) is 11.5 Å². The SMILES string of the molecule is C=C(C)C1Cc2cc(C(F)(F)F)ccc2N2CCCCC12. The molecule has 0 spiro atoms. The van der Waals surface area contributed by atoms with Gasteiger partial charge in [-0.15, -0.1) is 0 Å². The standard InChI is InChI=1S/C17H20F3N/c1-11(2)14-10-12-9-13(17(18,19)20)6-7-15(12)21-8-4-3-5-16(14)21/h6-7,9,14,16H,1,3-5,8,10H2,2H3. The van der Waals surface area contributed by atoms with Crippen molar-refractivity contribution in [3.05, 3.63) is 41.5 Å². The summed E-state index contributed by atoms with van der Waals surface area (Å²) in [6.07, 6.45) is -0.180. The molecular formula is C17H20F3N. The lowest BCUT2D eigenvalue weighted by Crippen LogP contribution is -2.48. The summed E-state index contributed by atoms with van der Waals surface area (Å²) in [6, 6.07) is 4.60. The summed E-state index contributed by atoms with van der Waals surface area (Å²) in [5, 5.41) is 0. The lowest BCUT2D eigenvalue weighted by atomic mass is 9.77. The average Bonchev–Trinajstić information content (AvgIpc) is 2.44. The van der Waals surface area contributed by atoms with E-state index in [1.54, 1.807) is 6.07 Å². The zero-order valence-corrected chi connectivity index (χ0v) is 12.2. The molecule has 0 amide bonds. The third-order valence-electron chi connectivity index (χ3n) is 4.80. The fraction of sp³-hybridized carbons (Fsp3) is 0.529. The molecule has 2 heterocycles.